The Morgan fingerprint density at radius 1 is 1.26 bits per heavy atom. The standard InChI is InChI=1S/C19H19BrN2O3S2/c1-3-24-8-9-25-19(23)12(2)27-18-16-15(10-26-17(16)21-11-22-18)13-4-6-14(20)7-5-13/h4-7,10-12H,3,8-9H2,1-2H3. The molecule has 5 nitrogen and oxygen atoms in total. The number of rotatable bonds is 8. The van der Waals surface area contributed by atoms with E-state index in [0.29, 0.717) is 13.2 Å². The zero-order valence-corrected chi connectivity index (χ0v) is 18.2. The highest BCUT2D eigenvalue weighted by atomic mass is 79.9. The van der Waals surface area contributed by atoms with E-state index in [2.05, 4.69) is 43.4 Å². The van der Waals surface area contributed by atoms with Gasteiger partial charge in [0.15, 0.2) is 0 Å². The predicted octanol–water partition coefficient (Wildman–Crippen LogP) is 5.18. The average Bonchev–Trinajstić information content (AvgIpc) is 3.11. The molecule has 2 aromatic heterocycles. The molecule has 0 aliphatic carbocycles. The molecule has 0 fully saturated rings. The number of nitrogens with zero attached hydrogens (tertiary/aromatic N) is 2. The van der Waals surface area contributed by atoms with Crippen molar-refractivity contribution in [3.63, 3.8) is 0 Å². The molecular weight excluding hydrogens is 448 g/mol. The third kappa shape index (κ3) is 5.07. The fourth-order valence-electron chi connectivity index (χ4n) is 2.46. The second-order valence-corrected chi connectivity index (χ2v) is 8.74. The molecule has 1 unspecified atom stereocenters. The van der Waals surface area contributed by atoms with Crippen molar-refractivity contribution in [1.82, 2.24) is 9.97 Å². The van der Waals surface area contributed by atoms with Gasteiger partial charge in [-0.3, -0.25) is 4.79 Å². The number of halogens is 1. The van der Waals surface area contributed by atoms with Gasteiger partial charge >= 0.3 is 5.97 Å². The number of aromatic nitrogens is 2. The lowest BCUT2D eigenvalue weighted by atomic mass is 10.1. The van der Waals surface area contributed by atoms with Gasteiger partial charge in [0.05, 0.1) is 12.0 Å². The lowest BCUT2D eigenvalue weighted by Crippen LogP contribution is -2.19. The number of carbonyl (C=O) groups excluding carboxylic acids is 1. The molecule has 1 atom stereocenters. The molecule has 0 spiro atoms. The molecule has 8 heteroatoms. The highest BCUT2D eigenvalue weighted by Gasteiger charge is 2.20. The van der Waals surface area contributed by atoms with Crippen LogP contribution in [0, 0.1) is 0 Å². The summed E-state index contributed by atoms with van der Waals surface area (Å²) < 4.78 is 11.5. The highest BCUT2D eigenvalue weighted by Crippen LogP contribution is 2.39. The van der Waals surface area contributed by atoms with E-state index in [9.17, 15) is 4.79 Å². The first kappa shape index (κ1) is 20.3. The summed E-state index contributed by atoms with van der Waals surface area (Å²) in [6.07, 6.45) is 1.54. The molecule has 0 aliphatic rings. The first-order valence-corrected chi connectivity index (χ1v) is 11.0. The quantitative estimate of drug-likeness (QED) is 0.197. The summed E-state index contributed by atoms with van der Waals surface area (Å²) in [5, 5.41) is 3.47. The van der Waals surface area contributed by atoms with Crippen molar-refractivity contribution in [1.29, 1.82) is 0 Å². The SMILES string of the molecule is CCOCCOC(=O)C(C)Sc1ncnc2scc(-c3ccc(Br)cc3)c12. The molecule has 27 heavy (non-hydrogen) atoms. The second-order valence-electron chi connectivity index (χ2n) is 5.64. The molecule has 0 saturated carbocycles. The van der Waals surface area contributed by atoms with Gasteiger partial charge in [0, 0.05) is 22.0 Å². The summed E-state index contributed by atoms with van der Waals surface area (Å²) >= 11 is 6.43. The molecule has 3 aromatic rings. The van der Waals surface area contributed by atoms with Crippen molar-refractivity contribution in [3.05, 3.63) is 40.4 Å². The summed E-state index contributed by atoms with van der Waals surface area (Å²) in [4.78, 5) is 21.9. The fourth-order valence-corrected chi connectivity index (χ4v) is 4.63. The summed E-state index contributed by atoms with van der Waals surface area (Å²) in [6, 6.07) is 8.12. The molecule has 0 radical (unpaired) electrons. The molecular formula is C19H19BrN2O3S2. The van der Waals surface area contributed by atoms with Crippen molar-refractivity contribution in [2.24, 2.45) is 0 Å². The highest BCUT2D eigenvalue weighted by molar-refractivity contribution is 9.10. The van der Waals surface area contributed by atoms with E-state index in [1.54, 1.807) is 17.7 Å². The van der Waals surface area contributed by atoms with Crippen LogP contribution in [-0.2, 0) is 14.3 Å². The van der Waals surface area contributed by atoms with Crippen molar-refractivity contribution in [3.8, 4) is 11.1 Å². The Balaban J connectivity index is 1.81. The van der Waals surface area contributed by atoms with Crippen LogP contribution in [0.2, 0.25) is 0 Å². The van der Waals surface area contributed by atoms with Gasteiger partial charge in [-0.2, -0.15) is 0 Å². The Hall–Kier alpha value is -1.48. The number of carbonyl (C=O) groups is 1. The van der Waals surface area contributed by atoms with Crippen molar-refractivity contribution in [2.75, 3.05) is 19.8 Å². The van der Waals surface area contributed by atoms with Crippen LogP contribution in [0.5, 0.6) is 0 Å². The number of benzene rings is 1. The van der Waals surface area contributed by atoms with E-state index in [-0.39, 0.29) is 17.8 Å². The minimum atomic E-state index is -0.373. The van der Waals surface area contributed by atoms with Gasteiger partial charge in [0.25, 0.3) is 0 Å². The van der Waals surface area contributed by atoms with E-state index < -0.39 is 0 Å². The van der Waals surface area contributed by atoms with Gasteiger partial charge in [0.2, 0.25) is 0 Å². The van der Waals surface area contributed by atoms with Crippen LogP contribution >= 0.6 is 39.0 Å². The predicted molar refractivity (Wildman–Crippen MR) is 113 cm³/mol. The number of hydrogen-bond acceptors (Lipinski definition) is 7. The number of hydrogen-bond donors (Lipinski definition) is 0. The van der Waals surface area contributed by atoms with E-state index in [1.165, 1.54) is 11.8 Å². The molecule has 142 valence electrons. The number of esters is 1. The Labute approximate surface area is 174 Å². The Morgan fingerprint density at radius 2 is 2.04 bits per heavy atom. The zero-order valence-electron chi connectivity index (χ0n) is 15.0. The largest absolute Gasteiger partial charge is 0.462 e. The number of fused-ring (bicyclic) bond motifs is 1. The number of thiophene rings is 1. The lowest BCUT2D eigenvalue weighted by Gasteiger charge is -2.12. The van der Waals surface area contributed by atoms with Gasteiger partial charge in [0.1, 0.15) is 28.0 Å². The maximum Gasteiger partial charge on any atom is 0.319 e. The second kappa shape index (κ2) is 9.64. The maximum absolute atomic E-state index is 12.2. The lowest BCUT2D eigenvalue weighted by molar-refractivity contribution is -0.144. The normalized spacial score (nSPS) is 12.3. The third-order valence-electron chi connectivity index (χ3n) is 3.79. The van der Waals surface area contributed by atoms with E-state index in [0.717, 1.165) is 30.8 Å². The molecule has 0 saturated heterocycles. The summed E-state index contributed by atoms with van der Waals surface area (Å²) in [5.74, 6) is -0.271. The first-order valence-electron chi connectivity index (χ1n) is 8.49. The summed E-state index contributed by atoms with van der Waals surface area (Å²) in [6.45, 7) is 5.02. The Bertz CT molecular complexity index is 915. The van der Waals surface area contributed by atoms with Gasteiger partial charge in [-0.15, -0.1) is 11.3 Å². The molecule has 1 aromatic carbocycles. The van der Waals surface area contributed by atoms with Crippen molar-refractivity contribution >= 4 is 55.2 Å². The van der Waals surface area contributed by atoms with Gasteiger partial charge in [-0.05, 0) is 31.5 Å². The van der Waals surface area contributed by atoms with Crippen LogP contribution in [0.1, 0.15) is 13.8 Å². The van der Waals surface area contributed by atoms with E-state index >= 15 is 0 Å². The zero-order chi connectivity index (χ0) is 19.2. The van der Waals surface area contributed by atoms with E-state index in [4.69, 9.17) is 9.47 Å². The van der Waals surface area contributed by atoms with Crippen LogP contribution < -0.4 is 0 Å². The third-order valence-corrected chi connectivity index (χ3v) is 6.28. The van der Waals surface area contributed by atoms with Gasteiger partial charge < -0.3 is 9.47 Å². The topological polar surface area (TPSA) is 61.3 Å². The number of thioether (sulfide) groups is 1. The molecule has 0 bridgehead atoms. The molecule has 0 N–H and O–H groups in total. The van der Waals surface area contributed by atoms with Crippen LogP contribution in [0.15, 0.2) is 45.5 Å². The smallest absolute Gasteiger partial charge is 0.319 e. The molecule has 2 heterocycles. The molecule has 0 aliphatic heterocycles. The van der Waals surface area contributed by atoms with Gasteiger partial charge in [-0.25, -0.2) is 9.97 Å². The van der Waals surface area contributed by atoms with Crippen LogP contribution in [-0.4, -0.2) is 41.0 Å². The van der Waals surface area contributed by atoms with Crippen molar-refractivity contribution in [2.45, 2.75) is 24.1 Å². The minimum absolute atomic E-state index is 0.263. The van der Waals surface area contributed by atoms with Crippen LogP contribution in [0.3, 0.4) is 0 Å². The summed E-state index contributed by atoms with van der Waals surface area (Å²) in [5.41, 5.74) is 2.16. The Morgan fingerprint density at radius 3 is 2.78 bits per heavy atom. The first-order chi connectivity index (χ1) is 13.1. The fraction of sp³-hybridized carbons (Fsp3) is 0.316. The summed E-state index contributed by atoms with van der Waals surface area (Å²) in [7, 11) is 0. The minimum Gasteiger partial charge on any atom is -0.462 e. The molecule has 3 rings (SSSR count). The number of ether oxygens (including phenoxy) is 2. The van der Waals surface area contributed by atoms with Crippen LogP contribution in [0.25, 0.3) is 21.3 Å². The van der Waals surface area contributed by atoms with Crippen LogP contribution in [0.4, 0.5) is 0 Å². The Kier molecular flexibility index (Phi) is 7.23. The van der Waals surface area contributed by atoms with Crippen molar-refractivity contribution < 1.29 is 14.3 Å². The monoisotopic (exact) mass is 466 g/mol. The van der Waals surface area contributed by atoms with Gasteiger partial charge in [-0.1, -0.05) is 39.8 Å². The molecule has 0 amide bonds. The van der Waals surface area contributed by atoms with E-state index in [1.807, 2.05) is 26.0 Å². The average molecular weight is 467 g/mol. The maximum atomic E-state index is 12.2.